The number of hydrogen-bond acceptors (Lipinski definition) is 3. The monoisotopic (exact) mass is 417 g/mol. The molecule has 0 aliphatic rings. The van der Waals surface area contributed by atoms with E-state index in [0.29, 0.717) is 13.1 Å². The topological polar surface area (TPSA) is 58.6 Å². The summed E-state index contributed by atoms with van der Waals surface area (Å²) in [6.07, 6.45) is 8.74. The van der Waals surface area contributed by atoms with Crippen LogP contribution >= 0.6 is 12.4 Å². The second kappa shape index (κ2) is 14.7. The van der Waals surface area contributed by atoms with Gasteiger partial charge in [0.1, 0.15) is 5.75 Å². The summed E-state index contributed by atoms with van der Waals surface area (Å²) in [5.74, 6) is 0.165. The van der Waals surface area contributed by atoms with Crippen LogP contribution in [-0.2, 0) is 11.2 Å². The van der Waals surface area contributed by atoms with Crippen molar-refractivity contribution in [3.05, 3.63) is 71.3 Å². The van der Waals surface area contributed by atoms with Crippen molar-refractivity contribution in [3.63, 3.8) is 0 Å². The zero-order valence-corrected chi connectivity index (χ0v) is 17.9. The fourth-order valence-corrected chi connectivity index (χ4v) is 2.95. The predicted octanol–water partition coefficient (Wildman–Crippen LogP) is 5.29. The minimum atomic E-state index is -0.779. The number of carboxylic acid groups (broad SMARTS) is 1. The van der Waals surface area contributed by atoms with Crippen LogP contribution in [0.4, 0.5) is 0 Å². The van der Waals surface area contributed by atoms with Gasteiger partial charge >= 0.3 is 5.97 Å². The SMILES string of the molecule is Cc1cc(/C=C/CNCCC(=O)O)ccc1OCCCCCc1ccccc1.Cl. The molecule has 0 heterocycles. The molecule has 0 fully saturated rings. The van der Waals surface area contributed by atoms with E-state index in [1.807, 2.05) is 24.3 Å². The number of aliphatic carboxylic acids is 1. The van der Waals surface area contributed by atoms with Gasteiger partial charge in [-0.3, -0.25) is 4.79 Å². The van der Waals surface area contributed by atoms with E-state index >= 15 is 0 Å². The number of hydrogen-bond donors (Lipinski definition) is 2. The Morgan fingerprint density at radius 3 is 2.62 bits per heavy atom. The summed E-state index contributed by atoms with van der Waals surface area (Å²) in [5, 5.41) is 11.7. The van der Waals surface area contributed by atoms with Crippen LogP contribution in [0.25, 0.3) is 6.08 Å². The first-order valence-corrected chi connectivity index (χ1v) is 10.0. The van der Waals surface area contributed by atoms with E-state index in [4.69, 9.17) is 9.84 Å². The highest BCUT2D eigenvalue weighted by atomic mass is 35.5. The van der Waals surface area contributed by atoms with E-state index in [9.17, 15) is 4.79 Å². The average molecular weight is 418 g/mol. The Labute approximate surface area is 180 Å². The summed E-state index contributed by atoms with van der Waals surface area (Å²) in [6, 6.07) is 16.8. The Balaban J connectivity index is 0.00000420. The molecule has 0 spiro atoms. The van der Waals surface area contributed by atoms with E-state index in [1.165, 1.54) is 18.4 Å². The Kier molecular flexibility index (Phi) is 12.5. The smallest absolute Gasteiger partial charge is 0.304 e. The Bertz CT molecular complexity index is 747. The lowest BCUT2D eigenvalue weighted by atomic mass is 10.1. The molecule has 158 valence electrons. The Morgan fingerprint density at radius 2 is 1.90 bits per heavy atom. The molecular formula is C24H32ClNO3. The molecule has 2 N–H and O–H groups in total. The molecule has 0 saturated heterocycles. The maximum absolute atomic E-state index is 10.4. The van der Waals surface area contributed by atoms with Crippen LogP contribution in [0, 0.1) is 6.92 Å². The highest BCUT2D eigenvalue weighted by Crippen LogP contribution is 2.20. The van der Waals surface area contributed by atoms with Crippen LogP contribution < -0.4 is 10.1 Å². The number of halogens is 1. The normalized spacial score (nSPS) is 10.7. The number of ether oxygens (including phenoxy) is 1. The van der Waals surface area contributed by atoms with Crippen molar-refractivity contribution in [2.45, 2.75) is 39.0 Å². The third kappa shape index (κ3) is 10.7. The number of carboxylic acids is 1. The Hall–Kier alpha value is -2.30. The zero-order valence-electron chi connectivity index (χ0n) is 17.1. The fourth-order valence-electron chi connectivity index (χ4n) is 2.95. The van der Waals surface area contributed by atoms with E-state index in [2.05, 4.69) is 48.6 Å². The van der Waals surface area contributed by atoms with Gasteiger partial charge in [0.15, 0.2) is 0 Å². The van der Waals surface area contributed by atoms with Gasteiger partial charge in [0.25, 0.3) is 0 Å². The molecule has 0 unspecified atom stereocenters. The van der Waals surface area contributed by atoms with Gasteiger partial charge in [-0.05, 0) is 61.4 Å². The number of carbonyl (C=O) groups is 1. The molecule has 0 bridgehead atoms. The molecular weight excluding hydrogens is 386 g/mol. The Morgan fingerprint density at radius 1 is 1.10 bits per heavy atom. The van der Waals surface area contributed by atoms with Crippen LogP contribution in [0.3, 0.4) is 0 Å². The van der Waals surface area contributed by atoms with Gasteiger partial charge in [0.2, 0.25) is 0 Å². The van der Waals surface area contributed by atoms with E-state index in [-0.39, 0.29) is 18.8 Å². The lowest BCUT2D eigenvalue weighted by molar-refractivity contribution is -0.136. The molecule has 5 heteroatoms. The van der Waals surface area contributed by atoms with Crippen molar-refractivity contribution in [1.82, 2.24) is 5.32 Å². The van der Waals surface area contributed by atoms with Gasteiger partial charge < -0.3 is 15.2 Å². The van der Waals surface area contributed by atoms with E-state index < -0.39 is 5.97 Å². The molecule has 0 aliphatic heterocycles. The first-order chi connectivity index (χ1) is 13.6. The third-order valence-corrected chi connectivity index (χ3v) is 4.50. The molecule has 2 aromatic carbocycles. The summed E-state index contributed by atoms with van der Waals surface area (Å²) in [7, 11) is 0. The van der Waals surface area contributed by atoms with Crippen molar-refractivity contribution in [1.29, 1.82) is 0 Å². The lowest BCUT2D eigenvalue weighted by Gasteiger charge is -2.10. The molecule has 0 aromatic heterocycles. The largest absolute Gasteiger partial charge is 0.493 e. The average Bonchev–Trinajstić information content (AvgIpc) is 2.69. The first-order valence-electron chi connectivity index (χ1n) is 10.0. The minimum Gasteiger partial charge on any atom is -0.493 e. The van der Waals surface area contributed by atoms with Crippen LogP contribution in [0.1, 0.15) is 42.4 Å². The van der Waals surface area contributed by atoms with Gasteiger partial charge in [-0.1, -0.05) is 48.6 Å². The number of unbranched alkanes of at least 4 members (excludes halogenated alkanes) is 2. The fraction of sp³-hybridized carbons (Fsp3) is 0.375. The van der Waals surface area contributed by atoms with Gasteiger partial charge in [-0.25, -0.2) is 0 Å². The molecule has 0 amide bonds. The highest BCUT2D eigenvalue weighted by molar-refractivity contribution is 5.85. The molecule has 2 rings (SSSR count). The molecule has 4 nitrogen and oxygen atoms in total. The molecule has 0 atom stereocenters. The lowest BCUT2D eigenvalue weighted by Crippen LogP contribution is -2.17. The maximum Gasteiger partial charge on any atom is 0.304 e. The number of rotatable bonds is 13. The second-order valence-corrected chi connectivity index (χ2v) is 6.92. The van der Waals surface area contributed by atoms with Gasteiger partial charge in [-0.2, -0.15) is 0 Å². The molecule has 0 aliphatic carbocycles. The second-order valence-electron chi connectivity index (χ2n) is 6.92. The molecule has 29 heavy (non-hydrogen) atoms. The van der Waals surface area contributed by atoms with E-state index in [1.54, 1.807) is 0 Å². The summed E-state index contributed by atoms with van der Waals surface area (Å²) < 4.78 is 5.93. The number of benzene rings is 2. The van der Waals surface area contributed by atoms with E-state index in [0.717, 1.165) is 36.3 Å². The van der Waals surface area contributed by atoms with Crippen molar-refractivity contribution in [2.75, 3.05) is 19.7 Å². The molecule has 0 radical (unpaired) electrons. The first kappa shape index (κ1) is 24.7. The number of aryl methyl sites for hydroxylation is 2. The zero-order chi connectivity index (χ0) is 20.0. The van der Waals surface area contributed by atoms with Crippen molar-refractivity contribution in [3.8, 4) is 5.75 Å². The standard InChI is InChI=1S/C24H31NO3.ClH/c1-20-19-22(12-8-16-25-17-15-24(26)27)13-14-23(20)28-18-7-3-6-11-21-9-4-2-5-10-21;/h2,4-5,8-10,12-14,19,25H,3,6-7,11,15-18H2,1H3,(H,26,27);1H/b12-8+;. The predicted molar refractivity (Wildman–Crippen MR) is 122 cm³/mol. The number of nitrogens with one attached hydrogen (secondary N) is 1. The van der Waals surface area contributed by atoms with Crippen LogP contribution in [0.2, 0.25) is 0 Å². The summed E-state index contributed by atoms with van der Waals surface area (Å²) in [4.78, 5) is 10.4. The van der Waals surface area contributed by atoms with Gasteiger partial charge in [0.05, 0.1) is 13.0 Å². The van der Waals surface area contributed by atoms with Crippen LogP contribution in [0.15, 0.2) is 54.6 Å². The maximum atomic E-state index is 10.4. The minimum absolute atomic E-state index is 0. The summed E-state index contributed by atoms with van der Waals surface area (Å²) in [6.45, 7) is 3.95. The highest BCUT2D eigenvalue weighted by Gasteiger charge is 2.01. The molecule has 2 aromatic rings. The quantitative estimate of drug-likeness (QED) is 0.435. The summed E-state index contributed by atoms with van der Waals surface area (Å²) >= 11 is 0. The molecule has 0 saturated carbocycles. The van der Waals surface area contributed by atoms with Crippen LogP contribution in [0.5, 0.6) is 5.75 Å². The van der Waals surface area contributed by atoms with Crippen molar-refractivity contribution >= 4 is 24.5 Å². The third-order valence-electron chi connectivity index (χ3n) is 4.50. The summed E-state index contributed by atoms with van der Waals surface area (Å²) in [5.41, 5.74) is 3.65. The van der Waals surface area contributed by atoms with Crippen molar-refractivity contribution < 1.29 is 14.6 Å². The van der Waals surface area contributed by atoms with Gasteiger partial charge in [0, 0.05) is 13.1 Å². The van der Waals surface area contributed by atoms with Gasteiger partial charge in [-0.15, -0.1) is 12.4 Å². The van der Waals surface area contributed by atoms with Crippen molar-refractivity contribution in [2.24, 2.45) is 0 Å². The van der Waals surface area contributed by atoms with Crippen LogP contribution in [-0.4, -0.2) is 30.8 Å².